The summed E-state index contributed by atoms with van der Waals surface area (Å²) in [5.41, 5.74) is 9.98. The van der Waals surface area contributed by atoms with Crippen LogP contribution in [0.15, 0.2) is 146 Å². The molecule has 7 aromatic carbocycles. The molecule has 42 heavy (non-hydrogen) atoms. The second-order valence-corrected chi connectivity index (χ2v) is 11.4. The molecule has 0 saturated heterocycles. The second kappa shape index (κ2) is 7.99. The van der Waals surface area contributed by atoms with E-state index >= 15 is 0 Å². The van der Waals surface area contributed by atoms with Crippen LogP contribution in [0.3, 0.4) is 0 Å². The molecule has 10 aromatic rings. The Balaban J connectivity index is 1.33. The summed E-state index contributed by atoms with van der Waals surface area (Å²) in [6, 6.07) is 53.4. The molecule has 0 amide bonds. The van der Waals surface area contributed by atoms with Crippen molar-refractivity contribution in [2.24, 2.45) is 0 Å². The largest absolute Gasteiger partial charge is 0.309 e. The first-order valence-electron chi connectivity index (χ1n) is 14.5. The van der Waals surface area contributed by atoms with E-state index in [1.807, 2.05) is 0 Å². The van der Waals surface area contributed by atoms with Crippen molar-refractivity contribution in [3.05, 3.63) is 146 Å². The molecule has 0 N–H and O–H groups in total. The lowest BCUT2D eigenvalue weighted by Crippen LogP contribution is -1.94. The molecule has 0 bridgehead atoms. The topological polar surface area (TPSA) is 9.34 Å². The van der Waals surface area contributed by atoms with E-state index in [1.54, 1.807) is 0 Å². The number of benzene rings is 7. The Morgan fingerprint density at radius 3 is 1.76 bits per heavy atom. The molecule has 0 unspecified atom stereocenters. The van der Waals surface area contributed by atoms with Crippen LogP contribution in [0, 0.1) is 0 Å². The quantitative estimate of drug-likeness (QED) is 0.209. The summed E-state index contributed by atoms with van der Waals surface area (Å²) < 4.78 is 4.93. The zero-order valence-electron chi connectivity index (χ0n) is 22.8. The average molecular weight is 533 g/mol. The van der Waals surface area contributed by atoms with Gasteiger partial charge in [0.25, 0.3) is 0 Å². The Bertz CT molecular complexity index is 2650. The van der Waals surface area contributed by atoms with Gasteiger partial charge in [-0.2, -0.15) is 0 Å². The molecule has 0 saturated carbocycles. The van der Waals surface area contributed by atoms with E-state index in [4.69, 9.17) is 0 Å². The third-order valence-corrected chi connectivity index (χ3v) is 9.22. The average Bonchev–Trinajstić information content (AvgIpc) is 3.69. The standard InChI is InChI=1S/C40H24N2/c1-2-9-25(10-3-1)26-17-20-28(21-18-26)41-36-15-6-4-12-30(36)33-22-19-27-23-38-35(24-34(27)40(33)41)32-14-8-13-31-29-11-5-7-16-37(29)42(38)39(31)32/h1-24H. The first-order chi connectivity index (χ1) is 20.8. The van der Waals surface area contributed by atoms with E-state index < -0.39 is 0 Å². The molecule has 0 aliphatic rings. The van der Waals surface area contributed by atoms with Crippen LogP contribution in [0.2, 0.25) is 0 Å². The van der Waals surface area contributed by atoms with Gasteiger partial charge in [-0.3, -0.25) is 0 Å². The zero-order chi connectivity index (χ0) is 27.4. The maximum atomic E-state index is 2.47. The molecule has 0 radical (unpaired) electrons. The van der Waals surface area contributed by atoms with Crippen molar-refractivity contribution in [3.8, 4) is 16.8 Å². The Labute approximate surface area is 241 Å². The maximum absolute atomic E-state index is 2.47. The summed E-state index contributed by atoms with van der Waals surface area (Å²) in [6.07, 6.45) is 0. The Morgan fingerprint density at radius 1 is 0.333 bits per heavy atom. The van der Waals surface area contributed by atoms with Crippen molar-refractivity contribution < 1.29 is 0 Å². The minimum atomic E-state index is 1.17. The highest BCUT2D eigenvalue weighted by Gasteiger charge is 2.20. The van der Waals surface area contributed by atoms with E-state index in [0.717, 1.165) is 0 Å². The summed E-state index contributed by atoms with van der Waals surface area (Å²) in [5.74, 6) is 0. The monoisotopic (exact) mass is 532 g/mol. The normalized spacial score (nSPS) is 12.3. The van der Waals surface area contributed by atoms with E-state index in [2.05, 4.69) is 155 Å². The fraction of sp³-hybridized carbons (Fsp3) is 0. The van der Waals surface area contributed by atoms with Gasteiger partial charge in [-0.25, -0.2) is 0 Å². The van der Waals surface area contributed by atoms with E-state index in [-0.39, 0.29) is 0 Å². The van der Waals surface area contributed by atoms with E-state index in [0.29, 0.717) is 0 Å². The molecule has 0 atom stereocenters. The van der Waals surface area contributed by atoms with Crippen LogP contribution < -0.4 is 0 Å². The molecule has 3 aromatic heterocycles. The summed E-state index contributed by atoms with van der Waals surface area (Å²) in [5, 5.41) is 10.3. The van der Waals surface area contributed by atoms with Crippen LogP contribution in [0.4, 0.5) is 0 Å². The molecule has 2 heteroatoms. The molecule has 10 rings (SSSR count). The van der Waals surface area contributed by atoms with Crippen LogP contribution in [-0.4, -0.2) is 8.97 Å². The fourth-order valence-corrected chi connectivity index (χ4v) is 7.41. The lowest BCUT2D eigenvalue weighted by Gasteiger charge is -2.11. The van der Waals surface area contributed by atoms with Crippen LogP contribution in [0.25, 0.3) is 87.5 Å². The van der Waals surface area contributed by atoms with Crippen molar-refractivity contribution in [2.75, 3.05) is 0 Å². The van der Waals surface area contributed by atoms with Gasteiger partial charge in [0.05, 0.1) is 27.6 Å². The molecular formula is C40H24N2. The molecule has 194 valence electrons. The van der Waals surface area contributed by atoms with Gasteiger partial charge in [-0.1, -0.05) is 109 Å². The zero-order valence-corrected chi connectivity index (χ0v) is 22.8. The van der Waals surface area contributed by atoms with Crippen LogP contribution >= 0.6 is 0 Å². The SMILES string of the molecule is c1ccc(-c2ccc(-n3c4ccccc4c4ccc5cc6c(cc5c43)c3cccc4c5ccccc5n6c43)cc2)cc1. The van der Waals surface area contributed by atoms with Crippen molar-refractivity contribution in [2.45, 2.75) is 0 Å². The number of hydrogen-bond donors (Lipinski definition) is 0. The summed E-state index contributed by atoms with van der Waals surface area (Å²) in [6.45, 7) is 0. The lowest BCUT2D eigenvalue weighted by atomic mass is 10.0. The summed E-state index contributed by atoms with van der Waals surface area (Å²) in [4.78, 5) is 0. The number of fused-ring (bicyclic) bond motifs is 11. The van der Waals surface area contributed by atoms with Gasteiger partial charge < -0.3 is 8.97 Å². The number of nitrogens with zero attached hydrogens (tertiary/aromatic N) is 2. The van der Waals surface area contributed by atoms with Gasteiger partial charge in [-0.15, -0.1) is 0 Å². The van der Waals surface area contributed by atoms with Gasteiger partial charge in [0, 0.05) is 43.4 Å². The highest BCUT2D eigenvalue weighted by molar-refractivity contribution is 6.27. The molecule has 3 heterocycles. The van der Waals surface area contributed by atoms with Gasteiger partial charge in [-0.05, 0) is 52.9 Å². The summed E-state index contributed by atoms with van der Waals surface area (Å²) in [7, 11) is 0. The molecular weight excluding hydrogens is 508 g/mol. The number of aromatic nitrogens is 2. The number of para-hydroxylation sites is 3. The number of hydrogen-bond acceptors (Lipinski definition) is 0. The van der Waals surface area contributed by atoms with Crippen LogP contribution in [0.1, 0.15) is 0 Å². The first kappa shape index (κ1) is 22.1. The van der Waals surface area contributed by atoms with Gasteiger partial charge >= 0.3 is 0 Å². The third-order valence-electron chi connectivity index (χ3n) is 9.22. The predicted octanol–water partition coefficient (Wildman–Crippen LogP) is 10.8. The Morgan fingerprint density at radius 2 is 0.952 bits per heavy atom. The Hall–Kier alpha value is -5.60. The number of rotatable bonds is 2. The van der Waals surface area contributed by atoms with Gasteiger partial charge in [0.1, 0.15) is 0 Å². The Kier molecular flexibility index (Phi) is 4.21. The minimum Gasteiger partial charge on any atom is -0.309 e. The minimum absolute atomic E-state index is 1.17. The van der Waals surface area contributed by atoms with Crippen molar-refractivity contribution in [1.82, 2.24) is 8.97 Å². The molecule has 0 fully saturated rings. The van der Waals surface area contributed by atoms with Crippen molar-refractivity contribution in [1.29, 1.82) is 0 Å². The first-order valence-corrected chi connectivity index (χ1v) is 14.5. The molecule has 0 aliphatic heterocycles. The summed E-state index contributed by atoms with van der Waals surface area (Å²) >= 11 is 0. The molecule has 0 aliphatic carbocycles. The maximum Gasteiger partial charge on any atom is 0.0620 e. The van der Waals surface area contributed by atoms with Crippen molar-refractivity contribution >= 4 is 70.7 Å². The smallest absolute Gasteiger partial charge is 0.0620 e. The van der Waals surface area contributed by atoms with Crippen molar-refractivity contribution in [3.63, 3.8) is 0 Å². The van der Waals surface area contributed by atoms with Gasteiger partial charge in [0.2, 0.25) is 0 Å². The van der Waals surface area contributed by atoms with Gasteiger partial charge in [0.15, 0.2) is 0 Å². The second-order valence-electron chi connectivity index (χ2n) is 11.4. The van der Waals surface area contributed by atoms with E-state index in [1.165, 1.54) is 87.5 Å². The molecule has 2 nitrogen and oxygen atoms in total. The van der Waals surface area contributed by atoms with E-state index in [9.17, 15) is 0 Å². The highest BCUT2D eigenvalue weighted by atomic mass is 15.0. The highest BCUT2D eigenvalue weighted by Crippen LogP contribution is 2.43. The van der Waals surface area contributed by atoms with Crippen LogP contribution in [-0.2, 0) is 0 Å². The lowest BCUT2D eigenvalue weighted by molar-refractivity contribution is 1.19. The predicted molar refractivity (Wildman–Crippen MR) is 178 cm³/mol. The van der Waals surface area contributed by atoms with Crippen LogP contribution in [0.5, 0.6) is 0 Å². The fourth-order valence-electron chi connectivity index (χ4n) is 7.41. The molecule has 0 spiro atoms. The third kappa shape index (κ3) is 2.78.